The molecule has 1 unspecified atom stereocenters. The first-order valence-corrected chi connectivity index (χ1v) is 9.65. The van der Waals surface area contributed by atoms with Crippen LogP contribution in [0.1, 0.15) is 41.9 Å². The lowest BCUT2D eigenvalue weighted by molar-refractivity contribution is -0.141. The zero-order valence-corrected chi connectivity index (χ0v) is 15.7. The smallest absolute Gasteiger partial charge is 0.256 e. The fourth-order valence-corrected chi connectivity index (χ4v) is 3.79. The Labute approximate surface area is 164 Å². The number of aliphatic hydroxyl groups excluding tert-OH is 1. The summed E-state index contributed by atoms with van der Waals surface area (Å²) in [5.74, 6) is 1.12. The molecule has 0 bridgehead atoms. The second-order valence-electron chi connectivity index (χ2n) is 7.15. The first-order chi connectivity index (χ1) is 13.7. The second kappa shape index (κ2) is 8.35. The standard InChI is InChI=1S/C22H24N4O2/c27-20(17-6-2-1-3-7-17)22(28)25-13-9-18(10-14-25)21-24-12-15-26(21)16-19-8-4-5-11-23-19/h1-8,11-12,15,18,20,27H,9-10,13-14,16H2. The molecule has 28 heavy (non-hydrogen) atoms. The quantitative estimate of drug-likeness (QED) is 0.743. The van der Waals surface area contributed by atoms with E-state index in [2.05, 4.69) is 14.5 Å². The number of likely N-dealkylation sites (tertiary alicyclic amines) is 1. The molecule has 6 nitrogen and oxygen atoms in total. The largest absolute Gasteiger partial charge is 0.378 e. The molecule has 1 aromatic carbocycles. The van der Waals surface area contributed by atoms with Gasteiger partial charge in [0.05, 0.1) is 12.2 Å². The number of carbonyl (C=O) groups is 1. The predicted octanol–water partition coefficient (Wildman–Crippen LogP) is 2.77. The molecule has 4 rings (SSSR count). The van der Waals surface area contributed by atoms with Crippen molar-refractivity contribution in [1.82, 2.24) is 19.4 Å². The molecule has 0 saturated carbocycles. The van der Waals surface area contributed by atoms with Crippen LogP contribution in [0.5, 0.6) is 0 Å². The number of aromatic nitrogens is 3. The van der Waals surface area contributed by atoms with Crippen LogP contribution in [-0.2, 0) is 11.3 Å². The topological polar surface area (TPSA) is 71.2 Å². The first-order valence-electron chi connectivity index (χ1n) is 9.65. The summed E-state index contributed by atoms with van der Waals surface area (Å²) in [6, 6.07) is 15.0. The molecular weight excluding hydrogens is 352 g/mol. The van der Waals surface area contributed by atoms with Gasteiger partial charge in [-0.05, 0) is 30.5 Å². The van der Waals surface area contributed by atoms with Crippen LogP contribution in [0.15, 0.2) is 67.1 Å². The van der Waals surface area contributed by atoms with Crippen molar-refractivity contribution in [1.29, 1.82) is 0 Å². The Morgan fingerprint density at radius 3 is 2.50 bits per heavy atom. The Balaban J connectivity index is 1.38. The number of imidazole rings is 1. The Bertz CT molecular complexity index is 903. The van der Waals surface area contributed by atoms with Crippen LogP contribution in [0.25, 0.3) is 0 Å². The normalized spacial score (nSPS) is 16.1. The number of aliphatic hydroxyl groups is 1. The fraction of sp³-hybridized carbons (Fsp3) is 0.318. The molecule has 3 aromatic rings. The second-order valence-corrected chi connectivity index (χ2v) is 7.15. The molecule has 1 amide bonds. The third-order valence-electron chi connectivity index (χ3n) is 5.33. The average Bonchev–Trinajstić information content (AvgIpc) is 3.22. The van der Waals surface area contributed by atoms with Crippen molar-refractivity contribution in [3.63, 3.8) is 0 Å². The van der Waals surface area contributed by atoms with E-state index in [1.165, 1.54) is 0 Å². The predicted molar refractivity (Wildman–Crippen MR) is 106 cm³/mol. The van der Waals surface area contributed by atoms with Crippen LogP contribution in [0.2, 0.25) is 0 Å². The minimum absolute atomic E-state index is 0.221. The van der Waals surface area contributed by atoms with Crippen LogP contribution in [0.3, 0.4) is 0 Å². The van der Waals surface area contributed by atoms with Crippen LogP contribution in [0, 0.1) is 0 Å². The maximum atomic E-state index is 12.6. The van der Waals surface area contributed by atoms with Gasteiger partial charge in [-0.25, -0.2) is 4.98 Å². The van der Waals surface area contributed by atoms with E-state index >= 15 is 0 Å². The van der Waals surface area contributed by atoms with Crippen molar-refractivity contribution < 1.29 is 9.90 Å². The molecule has 0 aliphatic carbocycles. The zero-order valence-electron chi connectivity index (χ0n) is 15.7. The molecule has 144 valence electrons. The van der Waals surface area contributed by atoms with Crippen molar-refractivity contribution in [2.24, 2.45) is 0 Å². The van der Waals surface area contributed by atoms with E-state index in [-0.39, 0.29) is 5.91 Å². The van der Waals surface area contributed by atoms with E-state index < -0.39 is 6.10 Å². The van der Waals surface area contributed by atoms with E-state index in [0.29, 0.717) is 31.1 Å². The third kappa shape index (κ3) is 3.97. The summed E-state index contributed by atoms with van der Waals surface area (Å²) in [6.07, 6.45) is 6.20. The number of hydrogen-bond donors (Lipinski definition) is 1. The van der Waals surface area contributed by atoms with Gasteiger partial charge in [0.15, 0.2) is 6.10 Å². The minimum Gasteiger partial charge on any atom is -0.378 e. The van der Waals surface area contributed by atoms with Gasteiger partial charge in [0.1, 0.15) is 5.82 Å². The summed E-state index contributed by atoms with van der Waals surface area (Å²) in [4.78, 5) is 23.4. The highest BCUT2D eigenvalue weighted by molar-refractivity contribution is 5.82. The monoisotopic (exact) mass is 376 g/mol. The number of nitrogens with zero attached hydrogens (tertiary/aromatic N) is 4. The van der Waals surface area contributed by atoms with Gasteiger partial charge >= 0.3 is 0 Å². The lowest BCUT2D eigenvalue weighted by Gasteiger charge is -2.33. The van der Waals surface area contributed by atoms with Gasteiger partial charge in [0.2, 0.25) is 0 Å². The van der Waals surface area contributed by atoms with Gasteiger partial charge in [0.25, 0.3) is 5.91 Å². The molecule has 1 aliphatic heterocycles. The summed E-state index contributed by atoms with van der Waals surface area (Å²) in [5, 5.41) is 10.4. The van der Waals surface area contributed by atoms with Crippen LogP contribution >= 0.6 is 0 Å². The Kier molecular flexibility index (Phi) is 5.48. The highest BCUT2D eigenvalue weighted by Gasteiger charge is 2.30. The molecule has 1 aliphatic rings. The molecule has 2 aromatic heterocycles. The number of piperidine rings is 1. The number of carbonyl (C=O) groups excluding carboxylic acids is 1. The van der Waals surface area contributed by atoms with Crippen LogP contribution in [0.4, 0.5) is 0 Å². The highest BCUT2D eigenvalue weighted by atomic mass is 16.3. The van der Waals surface area contributed by atoms with Crippen molar-refractivity contribution in [3.8, 4) is 0 Å². The molecule has 6 heteroatoms. The fourth-order valence-electron chi connectivity index (χ4n) is 3.79. The maximum Gasteiger partial charge on any atom is 0.256 e. The Hall–Kier alpha value is -2.99. The molecule has 0 radical (unpaired) electrons. The van der Waals surface area contributed by atoms with E-state index in [9.17, 15) is 9.90 Å². The molecule has 3 heterocycles. The molecule has 1 atom stereocenters. The van der Waals surface area contributed by atoms with Gasteiger partial charge in [0, 0.05) is 37.6 Å². The summed E-state index contributed by atoms with van der Waals surface area (Å²) in [7, 11) is 0. The maximum absolute atomic E-state index is 12.6. The van der Waals surface area contributed by atoms with Gasteiger partial charge < -0.3 is 14.6 Å². The average molecular weight is 376 g/mol. The van der Waals surface area contributed by atoms with E-state index in [1.807, 2.05) is 48.8 Å². The molecule has 1 fully saturated rings. The Morgan fingerprint density at radius 1 is 1.04 bits per heavy atom. The number of pyridine rings is 1. The molecular formula is C22H24N4O2. The van der Waals surface area contributed by atoms with Crippen LogP contribution < -0.4 is 0 Å². The highest BCUT2D eigenvalue weighted by Crippen LogP contribution is 2.28. The third-order valence-corrected chi connectivity index (χ3v) is 5.33. The lowest BCUT2D eigenvalue weighted by atomic mass is 9.95. The molecule has 1 saturated heterocycles. The Morgan fingerprint density at radius 2 is 1.79 bits per heavy atom. The zero-order chi connectivity index (χ0) is 19.3. The number of benzene rings is 1. The van der Waals surface area contributed by atoms with Crippen molar-refractivity contribution in [3.05, 3.63) is 84.2 Å². The minimum atomic E-state index is -1.09. The number of rotatable bonds is 5. The summed E-state index contributed by atoms with van der Waals surface area (Å²) >= 11 is 0. The van der Waals surface area contributed by atoms with Gasteiger partial charge in [-0.2, -0.15) is 0 Å². The first kappa shape index (κ1) is 18.4. The number of hydrogen-bond acceptors (Lipinski definition) is 4. The molecule has 1 N–H and O–H groups in total. The van der Waals surface area contributed by atoms with E-state index in [1.54, 1.807) is 23.2 Å². The van der Waals surface area contributed by atoms with E-state index in [0.717, 1.165) is 24.4 Å². The van der Waals surface area contributed by atoms with Crippen LogP contribution in [-0.4, -0.2) is 43.5 Å². The van der Waals surface area contributed by atoms with Crippen molar-refractivity contribution in [2.45, 2.75) is 31.4 Å². The van der Waals surface area contributed by atoms with Crippen molar-refractivity contribution >= 4 is 5.91 Å². The van der Waals surface area contributed by atoms with Gasteiger partial charge in [-0.3, -0.25) is 9.78 Å². The lowest BCUT2D eigenvalue weighted by Crippen LogP contribution is -2.41. The van der Waals surface area contributed by atoms with Gasteiger partial charge in [-0.15, -0.1) is 0 Å². The molecule has 0 spiro atoms. The summed E-state index contributed by atoms with van der Waals surface area (Å²) < 4.78 is 2.14. The van der Waals surface area contributed by atoms with Gasteiger partial charge in [-0.1, -0.05) is 36.4 Å². The van der Waals surface area contributed by atoms with E-state index in [4.69, 9.17) is 0 Å². The van der Waals surface area contributed by atoms with Crippen molar-refractivity contribution in [2.75, 3.05) is 13.1 Å². The SMILES string of the molecule is O=C(C(O)c1ccccc1)N1CCC(c2nccn2Cc2ccccn2)CC1. The number of amides is 1. The summed E-state index contributed by atoms with van der Waals surface area (Å²) in [5.41, 5.74) is 1.64. The summed E-state index contributed by atoms with van der Waals surface area (Å²) in [6.45, 7) is 1.95.